The lowest BCUT2D eigenvalue weighted by Crippen LogP contribution is -2.09. The van der Waals surface area contributed by atoms with E-state index in [0.29, 0.717) is 16.0 Å². The number of rotatable bonds is 3. The molecule has 0 aliphatic heterocycles. The third kappa shape index (κ3) is 3.12. The maximum absolute atomic E-state index is 6.00. The Morgan fingerprint density at radius 2 is 1.94 bits per heavy atom. The minimum Gasteiger partial charge on any atom is -0.348 e. The molecule has 0 unspecified atom stereocenters. The monoisotopic (exact) mass is 281 g/mol. The van der Waals surface area contributed by atoms with Gasteiger partial charge in [-0.2, -0.15) is 0 Å². The zero-order valence-electron chi connectivity index (χ0n) is 10.1. The van der Waals surface area contributed by atoms with Crippen molar-refractivity contribution in [1.29, 1.82) is 0 Å². The van der Waals surface area contributed by atoms with Gasteiger partial charge in [0, 0.05) is 11.9 Å². The molecule has 18 heavy (non-hydrogen) atoms. The fourth-order valence-electron chi connectivity index (χ4n) is 1.58. The average molecular weight is 282 g/mol. The van der Waals surface area contributed by atoms with Crippen molar-refractivity contribution >= 4 is 29.2 Å². The van der Waals surface area contributed by atoms with Gasteiger partial charge in [-0.3, -0.25) is 0 Å². The number of halogens is 2. The van der Waals surface area contributed by atoms with Gasteiger partial charge in [-0.15, -0.1) is 0 Å². The van der Waals surface area contributed by atoms with E-state index in [4.69, 9.17) is 23.2 Å². The van der Waals surface area contributed by atoms with Crippen LogP contribution in [0.15, 0.2) is 30.5 Å². The van der Waals surface area contributed by atoms with Crippen LogP contribution in [0.1, 0.15) is 24.2 Å². The highest BCUT2D eigenvalue weighted by Crippen LogP contribution is 2.26. The van der Waals surface area contributed by atoms with Crippen molar-refractivity contribution < 1.29 is 0 Å². The van der Waals surface area contributed by atoms with Gasteiger partial charge >= 0.3 is 0 Å². The first-order valence-electron chi connectivity index (χ1n) is 5.57. The summed E-state index contributed by atoms with van der Waals surface area (Å²) >= 11 is 11.9. The van der Waals surface area contributed by atoms with Crippen molar-refractivity contribution in [3.63, 3.8) is 0 Å². The van der Waals surface area contributed by atoms with Crippen LogP contribution in [0.3, 0.4) is 0 Å². The molecule has 2 aromatic rings. The van der Waals surface area contributed by atoms with Crippen molar-refractivity contribution in [1.82, 2.24) is 9.97 Å². The Hall–Kier alpha value is -1.32. The molecule has 1 atom stereocenters. The van der Waals surface area contributed by atoms with E-state index in [1.165, 1.54) is 0 Å². The van der Waals surface area contributed by atoms with Crippen LogP contribution in [0.5, 0.6) is 0 Å². The zero-order valence-corrected chi connectivity index (χ0v) is 11.6. The highest BCUT2D eigenvalue weighted by molar-refractivity contribution is 6.42. The average Bonchev–Trinajstić information content (AvgIpc) is 2.32. The van der Waals surface area contributed by atoms with E-state index in [2.05, 4.69) is 15.3 Å². The molecule has 0 saturated carbocycles. The Bertz CT molecular complexity index is 558. The van der Waals surface area contributed by atoms with E-state index < -0.39 is 0 Å². The number of aryl methyl sites for hydroxylation is 1. The van der Waals surface area contributed by atoms with Gasteiger partial charge in [-0.05, 0) is 37.6 Å². The second-order valence-electron chi connectivity index (χ2n) is 4.06. The van der Waals surface area contributed by atoms with Gasteiger partial charge in [0.25, 0.3) is 0 Å². The first-order chi connectivity index (χ1) is 8.56. The number of hydrogen-bond donors (Lipinski definition) is 1. The predicted molar refractivity (Wildman–Crippen MR) is 75.3 cm³/mol. The molecule has 5 heteroatoms. The van der Waals surface area contributed by atoms with Crippen molar-refractivity contribution in [3.05, 3.63) is 51.8 Å². The van der Waals surface area contributed by atoms with Gasteiger partial charge in [0.1, 0.15) is 0 Å². The number of benzene rings is 1. The van der Waals surface area contributed by atoms with Gasteiger partial charge in [0.2, 0.25) is 5.95 Å². The first-order valence-corrected chi connectivity index (χ1v) is 6.33. The van der Waals surface area contributed by atoms with Crippen LogP contribution in [0.2, 0.25) is 10.0 Å². The minimum absolute atomic E-state index is 0.0570. The fraction of sp³-hybridized carbons (Fsp3) is 0.231. The summed E-state index contributed by atoms with van der Waals surface area (Å²) in [6.07, 6.45) is 1.73. The highest BCUT2D eigenvalue weighted by Gasteiger charge is 2.08. The molecule has 1 heterocycles. The second kappa shape index (κ2) is 5.55. The van der Waals surface area contributed by atoms with Crippen LogP contribution in [-0.2, 0) is 0 Å². The quantitative estimate of drug-likeness (QED) is 0.913. The van der Waals surface area contributed by atoms with Gasteiger partial charge < -0.3 is 5.32 Å². The Kier molecular flexibility index (Phi) is 4.04. The number of anilines is 1. The van der Waals surface area contributed by atoms with Crippen molar-refractivity contribution in [3.8, 4) is 0 Å². The van der Waals surface area contributed by atoms with E-state index in [1.807, 2.05) is 32.0 Å². The van der Waals surface area contributed by atoms with Crippen molar-refractivity contribution in [2.75, 3.05) is 5.32 Å². The minimum atomic E-state index is 0.0570. The topological polar surface area (TPSA) is 37.8 Å². The van der Waals surface area contributed by atoms with E-state index >= 15 is 0 Å². The molecule has 0 radical (unpaired) electrons. The maximum Gasteiger partial charge on any atom is 0.223 e. The molecule has 2 rings (SSSR count). The van der Waals surface area contributed by atoms with Gasteiger partial charge in [0.15, 0.2) is 0 Å². The lowest BCUT2D eigenvalue weighted by molar-refractivity contribution is 0.857. The zero-order chi connectivity index (χ0) is 13.1. The predicted octanol–water partition coefficient (Wildman–Crippen LogP) is 4.26. The highest BCUT2D eigenvalue weighted by atomic mass is 35.5. The summed E-state index contributed by atoms with van der Waals surface area (Å²) in [7, 11) is 0. The van der Waals surface area contributed by atoms with Gasteiger partial charge in [-0.1, -0.05) is 29.3 Å². The molecular formula is C13H13Cl2N3. The molecule has 0 saturated heterocycles. The molecule has 0 spiro atoms. The van der Waals surface area contributed by atoms with Crippen LogP contribution in [-0.4, -0.2) is 9.97 Å². The number of nitrogens with zero attached hydrogens (tertiary/aromatic N) is 2. The van der Waals surface area contributed by atoms with Gasteiger partial charge in [-0.25, -0.2) is 9.97 Å². The summed E-state index contributed by atoms with van der Waals surface area (Å²) in [5.41, 5.74) is 1.96. The summed E-state index contributed by atoms with van der Waals surface area (Å²) in [6, 6.07) is 7.48. The molecule has 0 fully saturated rings. The lowest BCUT2D eigenvalue weighted by atomic mass is 10.1. The third-order valence-corrected chi connectivity index (χ3v) is 3.32. The van der Waals surface area contributed by atoms with Crippen LogP contribution >= 0.6 is 23.2 Å². The second-order valence-corrected chi connectivity index (χ2v) is 4.88. The molecular weight excluding hydrogens is 269 g/mol. The summed E-state index contributed by atoms with van der Waals surface area (Å²) in [4.78, 5) is 8.46. The van der Waals surface area contributed by atoms with E-state index in [-0.39, 0.29) is 6.04 Å². The molecule has 0 bridgehead atoms. The molecule has 1 N–H and O–H groups in total. The Balaban J connectivity index is 2.16. The van der Waals surface area contributed by atoms with Crippen LogP contribution in [0, 0.1) is 6.92 Å². The smallest absolute Gasteiger partial charge is 0.223 e. The molecule has 94 valence electrons. The molecule has 0 aliphatic carbocycles. The standard InChI is InChI=1S/C13H13Cl2N3/c1-8-5-6-16-13(17-8)18-9(2)10-3-4-11(14)12(15)7-10/h3-7,9H,1-2H3,(H,16,17,18)/t9-/m0/s1. The molecule has 0 aliphatic rings. The largest absolute Gasteiger partial charge is 0.348 e. The van der Waals surface area contributed by atoms with Crippen molar-refractivity contribution in [2.24, 2.45) is 0 Å². The first kappa shape index (κ1) is 13.1. The van der Waals surface area contributed by atoms with E-state index in [0.717, 1.165) is 11.3 Å². The van der Waals surface area contributed by atoms with Crippen LogP contribution in [0.25, 0.3) is 0 Å². The maximum atomic E-state index is 6.00. The van der Waals surface area contributed by atoms with Gasteiger partial charge in [0.05, 0.1) is 16.1 Å². The number of nitrogens with one attached hydrogen (secondary N) is 1. The molecule has 1 aromatic heterocycles. The Labute approximate surface area is 116 Å². The van der Waals surface area contributed by atoms with Crippen LogP contribution in [0.4, 0.5) is 5.95 Å². The number of aromatic nitrogens is 2. The molecule has 1 aromatic carbocycles. The number of hydrogen-bond acceptors (Lipinski definition) is 3. The SMILES string of the molecule is Cc1ccnc(N[C@@H](C)c2ccc(Cl)c(Cl)c2)n1. The Morgan fingerprint density at radius 1 is 1.17 bits per heavy atom. The lowest BCUT2D eigenvalue weighted by Gasteiger charge is -2.14. The fourth-order valence-corrected chi connectivity index (χ4v) is 1.88. The molecule has 3 nitrogen and oxygen atoms in total. The normalized spacial score (nSPS) is 12.2. The van der Waals surface area contributed by atoms with Crippen LogP contribution < -0.4 is 5.32 Å². The van der Waals surface area contributed by atoms with E-state index in [1.54, 1.807) is 12.3 Å². The summed E-state index contributed by atoms with van der Waals surface area (Å²) in [5, 5.41) is 4.33. The third-order valence-electron chi connectivity index (χ3n) is 2.58. The summed E-state index contributed by atoms with van der Waals surface area (Å²) < 4.78 is 0. The van der Waals surface area contributed by atoms with E-state index in [9.17, 15) is 0 Å². The van der Waals surface area contributed by atoms with Crippen molar-refractivity contribution in [2.45, 2.75) is 19.9 Å². The Morgan fingerprint density at radius 3 is 2.61 bits per heavy atom. The summed E-state index contributed by atoms with van der Waals surface area (Å²) in [5.74, 6) is 0.605. The summed E-state index contributed by atoms with van der Waals surface area (Å²) in [6.45, 7) is 3.95. The molecule has 0 amide bonds.